The standard InChI is InChI=1S/C11H12O4/c12-9-4-5-10(15-6-11(13)14)8-3-1-2-7(8)9/h4-5,12H,1-3,6H2,(H,13,14). The number of benzene rings is 1. The molecule has 2 N–H and O–H groups in total. The molecule has 15 heavy (non-hydrogen) atoms. The first-order valence-electron chi connectivity index (χ1n) is 4.87. The molecule has 1 aromatic carbocycles. The summed E-state index contributed by atoms with van der Waals surface area (Å²) in [7, 11) is 0. The molecule has 0 atom stereocenters. The zero-order valence-electron chi connectivity index (χ0n) is 8.19. The highest BCUT2D eigenvalue weighted by Gasteiger charge is 2.19. The van der Waals surface area contributed by atoms with E-state index in [4.69, 9.17) is 9.84 Å². The molecule has 0 amide bonds. The van der Waals surface area contributed by atoms with E-state index in [-0.39, 0.29) is 12.4 Å². The summed E-state index contributed by atoms with van der Waals surface area (Å²) in [5.74, 6) is -0.123. The molecule has 0 aliphatic heterocycles. The lowest BCUT2D eigenvalue weighted by Crippen LogP contribution is -2.10. The largest absolute Gasteiger partial charge is 0.508 e. The highest BCUT2D eigenvalue weighted by Crippen LogP contribution is 2.36. The van der Waals surface area contributed by atoms with Gasteiger partial charge in [0.2, 0.25) is 0 Å². The van der Waals surface area contributed by atoms with Gasteiger partial charge in [-0.15, -0.1) is 0 Å². The molecule has 0 saturated carbocycles. The van der Waals surface area contributed by atoms with E-state index in [9.17, 15) is 9.90 Å². The van der Waals surface area contributed by atoms with E-state index in [1.54, 1.807) is 12.1 Å². The molecule has 2 rings (SSSR count). The minimum Gasteiger partial charge on any atom is -0.508 e. The molecule has 0 heterocycles. The predicted octanol–water partition coefficient (Wildman–Crippen LogP) is 1.34. The Kier molecular flexibility index (Phi) is 2.49. The molecular formula is C11H12O4. The Balaban J connectivity index is 2.25. The van der Waals surface area contributed by atoms with Crippen LogP contribution in [-0.2, 0) is 17.6 Å². The molecule has 0 unspecified atom stereocenters. The Bertz CT molecular complexity index is 398. The number of carbonyl (C=O) groups is 1. The second-order valence-corrected chi connectivity index (χ2v) is 3.58. The second kappa shape index (κ2) is 3.81. The van der Waals surface area contributed by atoms with Crippen molar-refractivity contribution < 1.29 is 19.7 Å². The number of ether oxygens (including phenoxy) is 1. The van der Waals surface area contributed by atoms with Gasteiger partial charge in [0.15, 0.2) is 6.61 Å². The van der Waals surface area contributed by atoms with Crippen molar-refractivity contribution in [1.82, 2.24) is 0 Å². The van der Waals surface area contributed by atoms with Crippen molar-refractivity contribution in [3.05, 3.63) is 23.3 Å². The molecule has 0 bridgehead atoms. The molecule has 0 fully saturated rings. The van der Waals surface area contributed by atoms with Gasteiger partial charge in [0, 0.05) is 11.1 Å². The molecule has 4 heteroatoms. The summed E-state index contributed by atoms with van der Waals surface area (Å²) in [6, 6.07) is 3.18. The van der Waals surface area contributed by atoms with Crippen LogP contribution in [0.4, 0.5) is 0 Å². The molecule has 0 saturated heterocycles. The molecule has 1 aromatic rings. The van der Waals surface area contributed by atoms with Gasteiger partial charge in [0.25, 0.3) is 0 Å². The van der Waals surface area contributed by atoms with Crippen molar-refractivity contribution in [3.63, 3.8) is 0 Å². The predicted molar refractivity (Wildman–Crippen MR) is 53.3 cm³/mol. The summed E-state index contributed by atoms with van der Waals surface area (Å²) in [5, 5.41) is 18.1. The second-order valence-electron chi connectivity index (χ2n) is 3.58. The van der Waals surface area contributed by atoms with E-state index in [2.05, 4.69) is 0 Å². The Morgan fingerprint density at radius 3 is 2.80 bits per heavy atom. The molecule has 80 valence electrons. The lowest BCUT2D eigenvalue weighted by atomic mass is 10.1. The van der Waals surface area contributed by atoms with Crippen LogP contribution in [0.2, 0.25) is 0 Å². The van der Waals surface area contributed by atoms with Gasteiger partial charge in [-0.25, -0.2) is 4.79 Å². The first kappa shape index (κ1) is 9.83. The van der Waals surface area contributed by atoms with Crippen LogP contribution in [0.3, 0.4) is 0 Å². The van der Waals surface area contributed by atoms with Crippen LogP contribution in [0.5, 0.6) is 11.5 Å². The smallest absolute Gasteiger partial charge is 0.341 e. The fraction of sp³-hybridized carbons (Fsp3) is 0.364. The third-order valence-corrected chi connectivity index (χ3v) is 2.57. The van der Waals surface area contributed by atoms with Crippen LogP contribution in [0.1, 0.15) is 17.5 Å². The Hall–Kier alpha value is -1.71. The van der Waals surface area contributed by atoms with E-state index in [1.807, 2.05) is 0 Å². The number of aromatic hydroxyl groups is 1. The van der Waals surface area contributed by atoms with Crippen molar-refractivity contribution in [2.75, 3.05) is 6.61 Å². The number of aliphatic carboxylic acids is 1. The molecule has 1 aliphatic carbocycles. The van der Waals surface area contributed by atoms with Crippen LogP contribution < -0.4 is 4.74 Å². The van der Waals surface area contributed by atoms with Crippen molar-refractivity contribution in [2.45, 2.75) is 19.3 Å². The first-order chi connectivity index (χ1) is 7.18. The maximum atomic E-state index is 10.4. The van der Waals surface area contributed by atoms with Gasteiger partial charge < -0.3 is 14.9 Å². The Labute approximate surface area is 87.1 Å². The van der Waals surface area contributed by atoms with Gasteiger partial charge in [-0.3, -0.25) is 0 Å². The lowest BCUT2D eigenvalue weighted by Gasteiger charge is -2.09. The zero-order chi connectivity index (χ0) is 10.8. The average Bonchev–Trinajstić information content (AvgIpc) is 2.66. The molecule has 0 radical (unpaired) electrons. The van der Waals surface area contributed by atoms with Gasteiger partial charge in [-0.05, 0) is 31.4 Å². The van der Waals surface area contributed by atoms with E-state index in [1.165, 1.54) is 0 Å². The number of fused-ring (bicyclic) bond motifs is 1. The maximum Gasteiger partial charge on any atom is 0.341 e. The summed E-state index contributed by atoms with van der Waals surface area (Å²) in [6.07, 6.45) is 2.67. The number of phenolic OH excluding ortho intramolecular Hbond substituents is 1. The topological polar surface area (TPSA) is 66.8 Å². The van der Waals surface area contributed by atoms with E-state index in [0.717, 1.165) is 30.4 Å². The Morgan fingerprint density at radius 2 is 2.07 bits per heavy atom. The minimum atomic E-state index is -0.991. The van der Waals surface area contributed by atoms with Crippen molar-refractivity contribution >= 4 is 5.97 Å². The van der Waals surface area contributed by atoms with E-state index >= 15 is 0 Å². The summed E-state index contributed by atoms with van der Waals surface area (Å²) in [6.45, 7) is -0.336. The number of carboxylic acids is 1. The zero-order valence-corrected chi connectivity index (χ0v) is 8.19. The summed E-state index contributed by atoms with van der Waals surface area (Å²) in [4.78, 5) is 10.4. The summed E-state index contributed by atoms with van der Waals surface area (Å²) in [5.41, 5.74) is 1.86. The van der Waals surface area contributed by atoms with Crippen LogP contribution in [-0.4, -0.2) is 22.8 Å². The first-order valence-corrected chi connectivity index (χ1v) is 4.87. The van der Waals surface area contributed by atoms with Crippen molar-refractivity contribution in [2.24, 2.45) is 0 Å². The van der Waals surface area contributed by atoms with Gasteiger partial charge in [0.1, 0.15) is 11.5 Å². The Morgan fingerprint density at radius 1 is 1.33 bits per heavy atom. The van der Waals surface area contributed by atoms with E-state index < -0.39 is 5.97 Å². The van der Waals surface area contributed by atoms with Crippen LogP contribution in [0.25, 0.3) is 0 Å². The number of hydrogen-bond donors (Lipinski definition) is 2. The summed E-state index contributed by atoms with van der Waals surface area (Å²) < 4.78 is 5.15. The van der Waals surface area contributed by atoms with Crippen molar-refractivity contribution in [3.8, 4) is 11.5 Å². The number of hydrogen-bond acceptors (Lipinski definition) is 3. The lowest BCUT2D eigenvalue weighted by molar-refractivity contribution is -0.139. The third-order valence-electron chi connectivity index (χ3n) is 2.57. The number of rotatable bonds is 3. The van der Waals surface area contributed by atoms with Crippen molar-refractivity contribution in [1.29, 1.82) is 0 Å². The maximum absolute atomic E-state index is 10.4. The van der Waals surface area contributed by atoms with Gasteiger partial charge in [0.05, 0.1) is 0 Å². The van der Waals surface area contributed by atoms with E-state index in [0.29, 0.717) is 5.75 Å². The van der Waals surface area contributed by atoms with Crippen LogP contribution in [0.15, 0.2) is 12.1 Å². The highest BCUT2D eigenvalue weighted by atomic mass is 16.5. The minimum absolute atomic E-state index is 0.283. The SMILES string of the molecule is O=C(O)COc1ccc(O)c2c1CCC2. The average molecular weight is 208 g/mol. The molecule has 0 spiro atoms. The van der Waals surface area contributed by atoms with Gasteiger partial charge in [-0.1, -0.05) is 0 Å². The van der Waals surface area contributed by atoms with Gasteiger partial charge >= 0.3 is 5.97 Å². The van der Waals surface area contributed by atoms with Crippen LogP contribution in [0, 0.1) is 0 Å². The monoisotopic (exact) mass is 208 g/mol. The fourth-order valence-electron chi connectivity index (χ4n) is 1.93. The molecule has 0 aromatic heterocycles. The number of phenols is 1. The fourth-order valence-corrected chi connectivity index (χ4v) is 1.93. The number of carboxylic acid groups (broad SMARTS) is 1. The summed E-state index contributed by atoms with van der Waals surface area (Å²) >= 11 is 0. The van der Waals surface area contributed by atoms with Crippen LogP contribution >= 0.6 is 0 Å². The third kappa shape index (κ3) is 1.88. The molecule has 1 aliphatic rings. The quantitative estimate of drug-likeness (QED) is 0.786. The molecule has 4 nitrogen and oxygen atoms in total. The normalized spacial score (nSPS) is 13.6. The highest BCUT2D eigenvalue weighted by molar-refractivity contribution is 5.68. The van der Waals surface area contributed by atoms with Gasteiger partial charge in [-0.2, -0.15) is 0 Å². The molecular weight excluding hydrogens is 196 g/mol.